The van der Waals surface area contributed by atoms with Crippen molar-refractivity contribution in [2.24, 2.45) is 0 Å². The Hall–Kier alpha value is -3.22. The van der Waals surface area contributed by atoms with Gasteiger partial charge < -0.3 is 18.3 Å². The summed E-state index contributed by atoms with van der Waals surface area (Å²) in [6.45, 7) is 3.63. The highest BCUT2D eigenvalue weighted by Crippen LogP contribution is 2.43. The second kappa shape index (κ2) is 6.95. The molecule has 0 aliphatic carbocycles. The third-order valence-corrected chi connectivity index (χ3v) is 4.13. The van der Waals surface area contributed by atoms with Crippen LogP contribution in [0, 0.1) is 24.0 Å². The molecule has 0 spiro atoms. The van der Waals surface area contributed by atoms with Crippen molar-refractivity contribution in [3.8, 4) is 11.5 Å². The molecule has 0 saturated carbocycles. The summed E-state index contributed by atoms with van der Waals surface area (Å²) >= 11 is 0. The lowest BCUT2D eigenvalue weighted by atomic mass is 9.92. The van der Waals surface area contributed by atoms with Crippen LogP contribution in [0.25, 0.3) is 0 Å². The van der Waals surface area contributed by atoms with Crippen LogP contribution in [-0.4, -0.2) is 19.1 Å². The fraction of sp³-hybridized carbons (Fsp3) is 0.263. The molecule has 3 rings (SSSR count). The fourth-order valence-corrected chi connectivity index (χ4v) is 2.94. The largest absolute Gasteiger partial charge is 0.493 e. The summed E-state index contributed by atoms with van der Waals surface area (Å²) in [4.78, 5) is 11.3. The van der Waals surface area contributed by atoms with Crippen LogP contribution in [-0.2, 0) is 0 Å². The lowest BCUT2D eigenvalue weighted by Gasteiger charge is -2.16. The number of nitro groups is 1. The molecule has 0 unspecified atom stereocenters. The van der Waals surface area contributed by atoms with Gasteiger partial charge >= 0.3 is 0 Å². The van der Waals surface area contributed by atoms with Crippen molar-refractivity contribution in [1.82, 2.24) is 0 Å². The molecule has 0 aliphatic rings. The maximum Gasteiger partial charge on any atom is 0.277 e. The Balaban J connectivity index is 2.28. The Labute approximate surface area is 150 Å². The van der Waals surface area contributed by atoms with Crippen LogP contribution in [0.3, 0.4) is 0 Å². The van der Waals surface area contributed by atoms with Gasteiger partial charge in [0.2, 0.25) is 0 Å². The summed E-state index contributed by atoms with van der Waals surface area (Å²) in [7, 11) is 2.92. The van der Waals surface area contributed by atoms with Crippen LogP contribution in [0.2, 0.25) is 0 Å². The average molecular weight is 357 g/mol. The number of methoxy groups -OCH3 is 2. The van der Waals surface area contributed by atoms with Crippen LogP contribution in [0.15, 0.2) is 45.2 Å². The van der Waals surface area contributed by atoms with Crippen molar-refractivity contribution >= 4 is 5.69 Å². The monoisotopic (exact) mass is 357 g/mol. The van der Waals surface area contributed by atoms with Gasteiger partial charge in [0.05, 0.1) is 30.8 Å². The van der Waals surface area contributed by atoms with Gasteiger partial charge in [-0.3, -0.25) is 10.1 Å². The van der Waals surface area contributed by atoms with Gasteiger partial charge in [-0.05, 0) is 44.2 Å². The van der Waals surface area contributed by atoms with Gasteiger partial charge in [-0.2, -0.15) is 0 Å². The predicted octanol–water partition coefficient (Wildman–Crippen LogP) is 4.60. The lowest BCUT2D eigenvalue weighted by molar-refractivity contribution is -0.385. The van der Waals surface area contributed by atoms with Crippen molar-refractivity contribution in [3.05, 3.63) is 75.1 Å². The molecule has 2 heterocycles. The van der Waals surface area contributed by atoms with E-state index in [9.17, 15) is 10.1 Å². The summed E-state index contributed by atoms with van der Waals surface area (Å²) in [6, 6.07) is 10.1. The molecule has 26 heavy (non-hydrogen) atoms. The molecule has 0 aliphatic heterocycles. The molecule has 1 aromatic carbocycles. The third kappa shape index (κ3) is 3.15. The van der Waals surface area contributed by atoms with Gasteiger partial charge in [0.1, 0.15) is 29.0 Å². The quantitative estimate of drug-likeness (QED) is 0.473. The van der Waals surface area contributed by atoms with Crippen LogP contribution in [0.4, 0.5) is 5.69 Å². The van der Waals surface area contributed by atoms with Gasteiger partial charge in [0.25, 0.3) is 5.69 Å². The van der Waals surface area contributed by atoms with Crippen molar-refractivity contribution in [3.63, 3.8) is 0 Å². The van der Waals surface area contributed by atoms with Gasteiger partial charge in [0.15, 0.2) is 11.5 Å². The number of benzene rings is 1. The van der Waals surface area contributed by atoms with Crippen LogP contribution < -0.4 is 9.47 Å². The molecule has 0 N–H and O–H groups in total. The van der Waals surface area contributed by atoms with E-state index in [1.54, 1.807) is 18.2 Å². The Morgan fingerprint density at radius 3 is 1.81 bits per heavy atom. The summed E-state index contributed by atoms with van der Waals surface area (Å²) in [5, 5.41) is 11.7. The Bertz CT molecular complexity index is 899. The van der Waals surface area contributed by atoms with Gasteiger partial charge in [-0.1, -0.05) is 0 Å². The summed E-state index contributed by atoms with van der Waals surface area (Å²) in [5.41, 5.74) is 0.298. The number of furan rings is 2. The SMILES string of the molecule is COc1cc(C(c2ccc(C)o2)c2ccc(C)o2)c([N+](=O)[O-])cc1OC. The summed E-state index contributed by atoms with van der Waals surface area (Å²) in [6.07, 6.45) is 0. The topological polar surface area (TPSA) is 87.9 Å². The third-order valence-electron chi connectivity index (χ3n) is 4.13. The van der Waals surface area contributed by atoms with E-state index in [1.165, 1.54) is 20.3 Å². The van der Waals surface area contributed by atoms with Crippen LogP contribution in [0.5, 0.6) is 11.5 Å². The number of nitro benzene ring substituents is 1. The normalized spacial score (nSPS) is 11.0. The van der Waals surface area contributed by atoms with E-state index in [0.717, 1.165) is 0 Å². The van der Waals surface area contributed by atoms with Crippen LogP contribution >= 0.6 is 0 Å². The minimum Gasteiger partial charge on any atom is -0.493 e. The van der Waals surface area contributed by atoms with E-state index < -0.39 is 10.8 Å². The van der Waals surface area contributed by atoms with Gasteiger partial charge in [0, 0.05) is 0 Å². The lowest BCUT2D eigenvalue weighted by Crippen LogP contribution is -2.06. The zero-order valence-electron chi connectivity index (χ0n) is 14.9. The van der Waals surface area contributed by atoms with E-state index in [2.05, 4.69) is 0 Å². The number of rotatable bonds is 6. The van der Waals surface area contributed by atoms with E-state index in [1.807, 2.05) is 26.0 Å². The first-order valence-corrected chi connectivity index (χ1v) is 7.97. The molecule has 0 saturated heterocycles. The smallest absolute Gasteiger partial charge is 0.277 e. The molecule has 3 aromatic rings. The molecule has 7 heteroatoms. The average Bonchev–Trinajstić information content (AvgIpc) is 3.23. The van der Waals surface area contributed by atoms with Crippen molar-refractivity contribution in [2.75, 3.05) is 14.2 Å². The number of nitrogens with zero attached hydrogens (tertiary/aromatic N) is 1. The van der Waals surface area contributed by atoms with Crippen LogP contribution in [0.1, 0.15) is 34.5 Å². The molecule has 0 bridgehead atoms. The summed E-state index contributed by atoms with van der Waals surface area (Å²) in [5.74, 6) is 2.60. The maximum absolute atomic E-state index is 11.7. The molecule has 0 fully saturated rings. The fourth-order valence-electron chi connectivity index (χ4n) is 2.94. The highest BCUT2D eigenvalue weighted by Gasteiger charge is 2.32. The highest BCUT2D eigenvalue weighted by molar-refractivity contribution is 5.58. The Morgan fingerprint density at radius 2 is 1.42 bits per heavy atom. The summed E-state index contributed by atoms with van der Waals surface area (Å²) < 4.78 is 22.1. The highest BCUT2D eigenvalue weighted by atomic mass is 16.6. The van der Waals surface area contributed by atoms with E-state index in [-0.39, 0.29) is 11.4 Å². The zero-order valence-corrected chi connectivity index (χ0v) is 14.9. The van der Waals surface area contributed by atoms with Crippen molar-refractivity contribution < 1.29 is 23.2 Å². The molecule has 2 aromatic heterocycles. The first kappa shape index (κ1) is 17.6. The molecule has 136 valence electrons. The van der Waals surface area contributed by atoms with Crippen molar-refractivity contribution in [2.45, 2.75) is 19.8 Å². The Morgan fingerprint density at radius 1 is 0.923 bits per heavy atom. The molecule has 7 nitrogen and oxygen atoms in total. The first-order chi connectivity index (χ1) is 12.4. The standard InChI is InChI=1S/C19H19NO6/c1-11-5-7-15(25-11)19(16-8-6-12(2)26-16)13-9-17(23-3)18(24-4)10-14(13)20(21)22/h5-10,19H,1-4H3. The molecular weight excluding hydrogens is 338 g/mol. The second-order valence-corrected chi connectivity index (χ2v) is 5.85. The molecule has 0 radical (unpaired) electrons. The first-order valence-electron chi connectivity index (χ1n) is 7.97. The molecular formula is C19H19NO6. The van der Waals surface area contributed by atoms with Crippen molar-refractivity contribution in [1.29, 1.82) is 0 Å². The van der Waals surface area contributed by atoms with E-state index >= 15 is 0 Å². The minimum absolute atomic E-state index is 0.101. The predicted molar refractivity (Wildman–Crippen MR) is 94.0 cm³/mol. The number of hydrogen-bond donors (Lipinski definition) is 0. The number of ether oxygens (including phenoxy) is 2. The van der Waals surface area contributed by atoms with E-state index in [4.69, 9.17) is 18.3 Å². The zero-order chi connectivity index (χ0) is 18.8. The molecule has 0 amide bonds. The minimum atomic E-state index is -0.586. The van der Waals surface area contributed by atoms with Gasteiger partial charge in [-0.25, -0.2) is 0 Å². The van der Waals surface area contributed by atoms with E-state index in [0.29, 0.717) is 34.4 Å². The second-order valence-electron chi connectivity index (χ2n) is 5.85. The maximum atomic E-state index is 11.7. The molecule has 0 atom stereocenters. The van der Waals surface area contributed by atoms with Gasteiger partial charge in [-0.15, -0.1) is 0 Å². The number of aryl methyl sites for hydroxylation is 2. The Kier molecular flexibility index (Phi) is 4.71. The number of hydrogen-bond acceptors (Lipinski definition) is 6.